The van der Waals surface area contributed by atoms with Crippen molar-refractivity contribution in [3.8, 4) is 0 Å². The molecule has 0 unspecified atom stereocenters. The average molecular weight is 227 g/mol. The fourth-order valence-corrected chi connectivity index (χ4v) is 3.03. The largest absolute Gasteiger partial charge is 0.391 e. The number of Topliss-reactive ketones (excluding diaryl/α,β-unsaturated/α-hetero) is 1. The molecule has 2 heterocycles. The molecule has 0 aromatic carbocycles. The molecule has 0 aromatic heterocycles. The highest BCUT2D eigenvalue weighted by atomic mass is 16.3. The second-order valence-electron chi connectivity index (χ2n) is 5.56. The maximum absolute atomic E-state index is 11.6. The summed E-state index contributed by atoms with van der Waals surface area (Å²) in [6.07, 6.45) is 0.447. The molecule has 2 saturated heterocycles. The van der Waals surface area contributed by atoms with Crippen molar-refractivity contribution in [2.75, 3.05) is 13.1 Å². The summed E-state index contributed by atoms with van der Waals surface area (Å²) < 4.78 is 0. The molecule has 0 radical (unpaired) electrons. The van der Waals surface area contributed by atoms with Crippen molar-refractivity contribution in [2.45, 2.75) is 50.9 Å². The second-order valence-corrected chi connectivity index (χ2v) is 5.56. The van der Waals surface area contributed by atoms with Crippen molar-refractivity contribution in [1.29, 1.82) is 0 Å². The molecule has 2 rings (SSSR count). The van der Waals surface area contributed by atoms with Crippen LogP contribution in [-0.2, 0) is 4.79 Å². The molecule has 0 amide bonds. The molecule has 92 valence electrons. The van der Waals surface area contributed by atoms with Crippen LogP contribution in [0.15, 0.2) is 0 Å². The number of carbonyl (C=O) groups excluding carboxylic acids is 1. The van der Waals surface area contributed by atoms with E-state index in [4.69, 9.17) is 0 Å². The van der Waals surface area contributed by atoms with Crippen molar-refractivity contribution in [1.82, 2.24) is 4.90 Å². The van der Waals surface area contributed by atoms with Crippen molar-refractivity contribution < 1.29 is 15.0 Å². The molecule has 2 aliphatic rings. The number of aliphatic hydroxyl groups is 2. The van der Waals surface area contributed by atoms with Gasteiger partial charge in [-0.05, 0) is 25.7 Å². The first-order valence-electron chi connectivity index (χ1n) is 6.07. The van der Waals surface area contributed by atoms with Gasteiger partial charge < -0.3 is 10.2 Å². The van der Waals surface area contributed by atoms with Crippen molar-refractivity contribution in [2.24, 2.45) is 5.92 Å². The SMILES string of the molecule is C[C@H]1C[C@@H](O)[C@@]2(C)[C@H](O)CCC(=O)CN2C1. The van der Waals surface area contributed by atoms with Gasteiger partial charge in [0.15, 0.2) is 0 Å². The van der Waals surface area contributed by atoms with Gasteiger partial charge in [0, 0.05) is 13.0 Å². The summed E-state index contributed by atoms with van der Waals surface area (Å²) in [6.45, 7) is 5.11. The van der Waals surface area contributed by atoms with Gasteiger partial charge in [0.25, 0.3) is 0 Å². The molecule has 0 bridgehead atoms. The topological polar surface area (TPSA) is 60.8 Å². The summed E-state index contributed by atoms with van der Waals surface area (Å²) in [5.74, 6) is 0.547. The minimum atomic E-state index is -0.640. The highest BCUT2D eigenvalue weighted by Gasteiger charge is 2.50. The maximum atomic E-state index is 11.6. The fourth-order valence-electron chi connectivity index (χ4n) is 3.03. The van der Waals surface area contributed by atoms with E-state index in [2.05, 4.69) is 6.92 Å². The Morgan fingerprint density at radius 1 is 1.38 bits per heavy atom. The molecule has 4 atom stereocenters. The molecular formula is C12H21NO3. The van der Waals surface area contributed by atoms with Gasteiger partial charge in [-0.25, -0.2) is 0 Å². The monoisotopic (exact) mass is 227 g/mol. The standard InChI is InChI=1S/C12H21NO3/c1-8-5-11(16)12(2)10(15)4-3-9(14)7-13(12)6-8/h8,10-11,15-16H,3-7H2,1-2H3/t8-,10+,11+,12+/m0/s1. The molecule has 2 fully saturated rings. The predicted molar refractivity (Wildman–Crippen MR) is 60.0 cm³/mol. The number of carbonyl (C=O) groups is 1. The first-order chi connectivity index (χ1) is 7.44. The van der Waals surface area contributed by atoms with E-state index in [0.29, 0.717) is 31.7 Å². The van der Waals surface area contributed by atoms with Crippen LogP contribution in [0, 0.1) is 5.92 Å². The number of fused-ring (bicyclic) bond motifs is 1. The lowest BCUT2D eigenvalue weighted by molar-refractivity contribution is -0.134. The summed E-state index contributed by atoms with van der Waals surface area (Å²) in [7, 11) is 0. The van der Waals surface area contributed by atoms with E-state index in [1.165, 1.54) is 0 Å². The Labute approximate surface area is 96.3 Å². The van der Waals surface area contributed by atoms with Gasteiger partial charge in [0.1, 0.15) is 5.78 Å². The summed E-state index contributed by atoms with van der Waals surface area (Å²) in [5, 5.41) is 20.4. The van der Waals surface area contributed by atoms with E-state index >= 15 is 0 Å². The second kappa shape index (κ2) is 4.09. The van der Waals surface area contributed by atoms with E-state index in [1.54, 1.807) is 0 Å². The molecule has 2 N–H and O–H groups in total. The zero-order valence-corrected chi connectivity index (χ0v) is 10.0. The Hall–Kier alpha value is -0.450. The van der Waals surface area contributed by atoms with E-state index in [1.807, 2.05) is 11.8 Å². The van der Waals surface area contributed by atoms with Crippen LogP contribution in [0.2, 0.25) is 0 Å². The van der Waals surface area contributed by atoms with E-state index in [-0.39, 0.29) is 5.78 Å². The molecule has 4 heteroatoms. The third kappa shape index (κ3) is 1.79. The van der Waals surface area contributed by atoms with E-state index in [0.717, 1.165) is 6.54 Å². The van der Waals surface area contributed by atoms with Crippen LogP contribution < -0.4 is 0 Å². The van der Waals surface area contributed by atoms with Crippen molar-refractivity contribution in [3.63, 3.8) is 0 Å². The van der Waals surface area contributed by atoms with Crippen LogP contribution in [0.4, 0.5) is 0 Å². The molecule has 2 aliphatic heterocycles. The van der Waals surface area contributed by atoms with E-state index in [9.17, 15) is 15.0 Å². The van der Waals surface area contributed by atoms with Crippen molar-refractivity contribution >= 4 is 5.78 Å². The lowest BCUT2D eigenvalue weighted by atomic mass is 9.77. The molecule has 4 nitrogen and oxygen atoms in total. The third-order valence-electron chi connectivity index (χ3n) is 4.25. The summed E-state index contributed by atoms with van der Waals surface area (Å²) in [6, 6.07) is 0. The van der Waals surface area contributed by atoms with Crippen LogP contribution in [0.3, 0.4) is 0 Å². The van der Waals surface area contributed by atoms with Gasteiger partial charge in [0.05, 0.1) is 24.3 Å². The highest BCUT2D eigenvalue weighted by Crippen LogP contribution is 2.36. The van der Waals surface area contributed by atoms with Crippen LogP contribution >= 0.6 is 0 Å². The molecule has 0 saturated carbocycles. The van der Waals surface area contributed by atoms with Crippen LogP contribution in [0.5, 0.6) is 0 Å². The first kappa shape index (κ1) is 12.0. The number of hydrogen-bond donors (Lipinski definition) is 2. The van der Waals surface area contributed by atoms with Gasteiger partial charge >= 0.3 is 0 Å². The minimum absolute atomic E-state index is 0.170. The quantitative estimate of drug-likeness (QED) is 0.619. The Morgan fingerprint density at radius 2 is 2.06 bits per heavy atom. The highest BCUT2D eigenvalue weighted by molar-refractivity contribution is 5.81. The summed E-state index contributed by atoms with van der Waals surface area (Å²) >= 11 is 0. The van der Waals surface area contributed by atoms with Gasteiger partial charge in [-0.2, -0.15) is 0 Å². The van der Waals surface area contributed by atoms with Gasteiger partial charge in [-0.15, -0.1) is 0 Å². The number of hydrogen-bond acceptors (Lipinski definition) is 4. The summed E-state index contributed by atoms with van der Waals surface area (Å²) in [5.41, 5.74) is -0.640. The Bertz CT molecular complexity index is 294. The number of rotatable bonds is 0. The third-order valence-corrected chi connectivity index (χ3v) is 4.25. The normalized spacial score (nSPS) is 46.2. The molecular weight excluding hydrogens is 206 g/mol. The van der Waals surface area contributed by atoms with Crippen LogP contribution in [-0.4, -0.2) is 51.7 Å². The smallest absolute Gasteiger partial charge is 0.146 e. The Kier molecular flexibility index (Phi) is 3.07. The number of aliphatic hydroxyl groups excluding tert-OH is 2. The number of ketones is 1. The Morgan fingerprint density at radius 3 is 2.75 bits per heavy atom. The zero-order valence-electron chi connectivity index (χ0n) is 10.0. The molecule has 16 heavy (non-hydrogen) atoms. The van der Waals surface area contributed by atoms with E-state index < -0.39 is 17.7 Å². The minimum Gasteiger partial charge on any atom is -0.391 e. The van der Waals surface area contributed by atoms with Gasteiger partial charge in [0.2, 0.25) is 0 Å². The molecule has 0 spiro atoms. The molecule has 0 aliphatic carbocycles. The van der Waals surface area contributed by atoms with Crippen LogP contribution in [0.1, 0.15) is 33.1 Å². The zero-order chi connectivity index (χ0) is 11.9. The maximum Gasteiger partial charge on any atom is 0.146 e. The van der Waals surface area contributed by atoms with Gasteiger partial charge in [-0.3, -0.25) is 9.69 Å². The lowest BCUT2D eigenvalue weighted by Crippen LogP contribution is -2.65. The van der Waals surface area contributed by atoms with Gasteiger partial charge in [-0.1, -0.05) is 6.92 Å². The van der Waals surface area contributed by atoms with Crippen LogP contribution in [0.25, 0.3) is 0 Å². The lowest BCUT2D eigenvalue weighted by Gasteiger charge is -2.51. The number of piperidine rings is 1. The predicted octanol–water partition coefficient (Wildman–Crippen LogP) is 0.172. The summed E-state index contributed by atoms with van der Waals surface area (Å²) in [4.78, 5) is 13.6. The Balaban J connectivity index is 2.30. The average Bonchev–Trinajstić information content (AvgIpc) is 2.30. The molecule has 0 aromatic rings. The number of nitrogens with zero attached hydrogens (tertiary/aromatic N) is 1. The first-order valence-corrected chi connectivity index (χ1v) is 6.07. The fraction of sp³-hybridized carbons (Fsp3) is 0.917. The van der Waals surface area contributed by atoms with Crippen molar-refractivity contribution in [3.05, 3.63) is 0 Å².